The number of fused-ring (bicyclic) bond motifs is 5. The molecule has 0 saturated carbocycles. The standard InChI is InChI=1S/C24H23N3O3/c1-15(28)26-12-16-10-20(14-26)22-9-8-21(24(30)27(22)13-16)25-23(29)19-7-6-17-4-2-3-5-18(17)11-19/h2-9,11,16,20H,10,12-14H2,1H3,(H,25,29)/t16-,20+/m0/s1. The Morgan fingerprint density at radius 1 is 0.967 bits per heavy atom. The van der Waals surface area contributed by atoms with E-state index in [0.717, 1.165) is 22.9 Å². The SMILES string of the molecule is CC(=O)N1C[C@@H]2C[C@H](C1)c1ccc(NC(=O)c3ccc4ccccc4c3)c(=O)n1C2. The second-order valence-corrected chi connectivity index (χ2v) is 8.33. The Labute approximate surface area is 174 Å². The lowest BCUT2D eigenvalue weighted by molar-refractivity contribution is -0.131. The van der Waals surface area contributed by atoms with Crippen molar-refractivity contribution in [2.45, 2.75) is 25.8 Å². The van der Waals surface area contributed by atoms with Crippen LogP contribution in [0.2, 0.25) is 0 Å². The maximum Gasteiger partial charge on any atom is 0.274 e. The van der Waals surface area contributed by atoms with Gasteiger partial charge in [0.15, 0.2) is 0 Å². The van der Waals surface area contributed by atoms with Crippen LogP contribution in [0.1, 0.15) is 35.3 Å². The molecule has 2 bridgehead atoms. The summed E-state index contributed by atoms with van der Waals surface area (Å²) in [4.78, 5) is 39.6. The Kier molecular flexibility index (Phi) is 4.42. The van der Waals surface area contributed by atoms with Crippen molar-refractivity contribution in [3.63, 3.8) is 0 Å². The molecule has 3 heterocycles. The molecule has 5 rings (SSSR count). The van der Waals surface area contributed by atoms with E-state index < -0.39 is 0 Å². The normalized spacial score (nSPS) is 20.0. The Morgan fingerprint density at radius 3 is 2.57 bits per heavy atom. The van der Waals surface area contributed by atoms with Gasteiger partial charge in [0.25, 0.3) is 11.5 Å². The van der Waals surface area contributed by atoms with Crippen LogP contribution in [0.5, 0.6) is 0 Å². The third-order valence-corrected chi connectivity index (χ3v) is 6.31. The van der Waals surface area contributed by atoms with Crippen LogP contribution in [0.15, 0.2) is 59.4 Å². The molecule has 2 aliphatic heterocycles. The summed E-state index contributed by atoms with van der Waals surface area (Å²) in [5.41, 5.74) is 1.59. The van der Waals surface area contributed by atoms with Gasteiger partial charge in [-0.2, -0.15) is 0 Å². The molecule has 152 valence electrons. The van der Waals surface area contributed by atoms with Gasteiger partial charge in [-0.1, -0.05) is 30.3 Å². The van der Waals surface area contributed by atoms with Gasteiger partial charge in [0.05, 0.1) is 0 Å². The number of nitrogens with zero attached hydrogens (tertiary/aromatic N) is 2. The first kappa shape index (κ1) is 18.6. The number of piperidine rings is 1. The predicted octanol–water partition coefficient (Wildman–Crippen LogP) is 3.22. The molecule has 0 unspecified atom stereocenters. The van der Waals surface area contributed by atoms with E-state index in [0.29, 0.717) is 30.9 Å². The number of amides is 2. The minimum atomic E-state index is -0.294. The van der Waals surface area contributed by atoms with E-state index in [4.69, 9.17) is 0 Å². The van der Waals surface area contributed by atoms with E-state index in [2.05, 4.69) is 5.32 Å². The molecule has 6 nitrogen and oxygen atoms in total. The quantitative estimate of drug-likeness (QED) is 0.717. The lowest BCUT2D eigenvalue weighted by atomic mass is 9.83. The average Bonchev–Trinajstić information content (AvgIpc) is 2.75. The average molecular weight is 401 g/mol. The minimum absolute atomic E-state index is 0.0831. The van der Waals surface area contributed by atoms with Crippen molar-refractivity contribution in [3.8, 4) is 0 Å². The smallest absolute Gasteiger partial charge is 0.274 e. The lowest BCUT2D eigenvalue weighted by Crippen LogP contribution is -2.48. The van der Waals surface area contributed by atoms with Crippen LogP contribution in [-0.4, -0.2) is 34.4 Å². The third kappa shape index (κ3) is 3.18. The molecule has 1 aromatic heterocycles. The van der Waals surface area contributed by atoms with Gasteiger partial charge in [0.1, 0.15) is 5.69 Å². The summed E-state index contributed by atoms with van der Waals surface area (Å²) in [5, 5.41) is 4.84. The van der Waals surface area contributed by atoms with E-state index in [1.54, 1.807) is 23.6 Å². The van der Waals surface area contributed by atoms with Gasteiger partial charge >= 0.3 is 0 Å². The van der Waals surface area contributed by atoms with Gasteiger partial charge in [-0.05, 0) is 47.4 Å². The number of carbonyl (C=O) groups is 2. The number of pyridine rings is 1. The number of anilines is 1. The zero-order chi connectivity index (χ0) is 20.8. The number of hydrogen-bond acceptors (Lipinski definition) is 3. The number of benzene rings is 2. The maximum atomic E-state index is 13.1. The van der Waals surface area contributed by atoms with Crippen LogP contribution >= 0.6 is 0 Å². The summed E-state index contributed by atoms with van der Waals surface area (Å²) in [7, 11) is 0. The number of rotatable bonds is 2. The fourth-order valence-electron chi connectivity index (χ4n) is 4.82. The van der Waals surface area contributed by atoms with E-state index >= 15 is 0 Å². The molecular formula is C24H23N3O3. The van der Waals surface area contributed by atoms with E-state index in [1.807, 2.05) is 47.4 Å². The molecule has 6 heteroatoms. The van der Waals surface area contributed by atoms with Crippen LogP contribution in [0.4, 0.5) is 5.69 Å². The molecule has 0 aliphatic carbocycles. The Morgan fingerprint density at radius 2 is 1.77 bits per heavy atom. The zero-order valence-corrected chi connectivity index (χ0v) is 16.8. The number of aromatic nitrogens is 1. The van der Waals surface area contributed by atoms with Crippen molar-refractivity contribution in [3.05, 3.63) is 76.2 Å². The number of nitrogens with one attached hydrogen (secondary N) is 1. The van der Waals surface area contributed by atoms with Crippen molar-refractivity contribution in [1.82, 2.24) is 9.47 Å². The molecule has 2 aromatic carbocycles. The summed E-state index contributed by atoms with van der Waals surface area (Å²) in [6.07, 6.45) is 0.992. The van der Waals surface area contributed by atoms with Crippen LogP contribution in [0.25, 0.3) is 10.8 Å². The van der Waals surface area contributed by atoms with Crippen molar-refractivity contribution >= 4 is 28.3 Å². The molecule has 2 atom stereocenters. The highest BCUT2D eigenvalue weighted by Crippen LogP contribution is 2.35. The summed E-state index contributed by atoms with van der Waals surface area (Å²) >= 11 is 0. The molecule has 0 radical (unpaired) electrons. The molecule has 1 N–H and O–H groups in total. The van der Waals surface area contributed by atoms with Crippen molar-refractivity contribution < 1.29 is 9.59 Å². The highest BCUT2D eigenvalue weighted by atomic mass is 16.2. The molecule has 2 aliphatic rings. The van der Waals surface area contributed by atoms with Crippen molar-refractivity contribution in [2.75, 3.05) is 18.4 Å². The van der Waals surface area contributed by atoms with Gasteiger partial charge in [-0.25, -0.2) is 0 Å². The first-order valence-electron chi connectivity index (χ1n) is 10.3. The lowest BCUT2D eigenvalue weighted by Gasteiger charge is -2.42. The van der Waals surface area contributed by atoms with Crippen LogP contribution < -0.4 is 10.9 Å². The maximum absolute atomic E-state index is 13.1. The minimum Gasteiger partial charge on any atom is -0.342 e. The topological polar surface area (TPSA) is 71.4 Å². The molecular weight excluding hydrogens is 378 g/mol. The van der Waals surface area contributed by atoms with E-state index in [1.165, 1.54) is 0 Å². The highest BCUT2D eigenvalue weighted by molar-refractivity contribution is 6.06. The number of likely N-dealkylation sites (tertiary alicyclic amines) is 1. The molecule has 0 spiro atoms. The van der Waals surface area contributed by atoms with Gasteiger partial charge in [0.2, 0.25) is 5.91 Å². The molecule has 3 aromatic rings. The van der Waals surface area contributed by atoms with Crippen molar-refractivity contribution in [1.29, 1.82) is 0 Å². The number of hydrogen-bond donors (Lipinski definition) is 1. The third-order valence-electron chi connectivity index (χ3n) is 6.31. The summed E-state index contributed by atoms with van der Waals surface area (Å²) in [5.74, 6) is 0.223. The van der Waals surface area contributed by atoms with Crippen LogP contribution in [0.3, 0.4) is 0 Å². The van der Waals surface area contributed by atoms with Crippen LogP contribution in [-0.2, 0) is 11.3 Å². The van der Waals surface area contributed by atoms with E-state index in [-0.39, 0.29) is 29.2 Å². The van der Waals surface area contributed by atoms with Crippen molar-refractivity contribution in [2.24, 2.45) is 5.92 Å². The second kappa shape index (κ2) is 7.13. The molecule has 30 heavy (non-hydrogen) atoms. The van der Waals surface area contributed by atoms with Gasteiger partial charge in [0, 0.05) is 43.7 Å². The van der Waals surface area contributed by atoms with Crippen LogP contribution in [0, 0.1) is 5.92 Å². The fourth-order valence-corrected chi connectivity index (χ4v) is 4.82. The first-order valence-corrected chi connectivity index (χ1v) is 10.3. The van der Waals surface area contributed by atoms with Gasteiger partial charge < -0.3 is 14.8 Å². The Hall–Kier alpha value is -3.41. The summed E-state index contributed by atoms with van der Waals surface area (Å²) in [6, 6.07) is 17.0. The summed E-state index contributed by atoms with van der Waals surface area (Å²) < 4.78 is 1.78. The first-order chi connectivity index (χ1) is 14.5. The van der Waals surface area contributed by atoms with Gasteiger partial charge in [-0.3, -0.25) is 14.4 Å². The van der Waals surface area contributed by atoms with Gasteiger partial charge in [-0.15, -0.1) is 0 Å². The second-order valence-electron chi connectivity index (χ2n) is 8.33. The largest absolute Gasteiger partial charge is 0.342 e. The number of carbonyl (C=O) groups excluding carboxylic acids is 2. The Bertz CT molecular complexity index is 1230. The predicted molar refractivity (Wildman–Crippen MR) is 116 cm³/mol. The molecule has 2 amide bonds. The highest BCUT2D eigenvalue weighted by Gasteiger charge is 2.35. The summed E-state index contributed by atoms with van der Waals surface area (Å²) in [6.45, 7) is 3.51. The fraction of sp³-hybridized carbons (Fsp3) is 0.292. The zero-order valence-electron chi connectivity index (χ0n) is 16.8. The molecule has 1 fully saturated rings. The van der Waals surface area contributed by atoms with E-state index in [9.17, 15) is 14.4 Å². The molecule has 1 saturated heterocycles. The monoisotopic (exact) mass is 401 g/mol. The Balaban J connectivity index is 1.42.